The van der Waals surface area contributed by atoms with Gasteiger partial charge in [-0.25, -0.2) is 26.7 Å². The van der Waals surface area contributed by atoms with E-state index in [1.54, 1.807) is 4.72 Å². The number of halogens is 2. The molecule has 0 aliphatic rings. The van der Waals surface area contributed by atoms with Crippen molar-refractivity contribution < 1.29 is 32.2 Å². The van der Waals surface area contributed by atoms with E-state index in [-0.39, 0.29) is 5.56 Å². The van der Waals surface area contributed by atoms with Gasteiger partial charge in [-0.3, -0.25) is 0 Å². The zero-order valence-electron chi connectivity index (χ0n) is 10.4. The molecule has 0 radical (unpaired) electrons. The summed E-state index contributed by atoms with van der Waals surface area (Å²) in [5, 5.41) is 25.9. The van der Waals surface area contributed by atoms with E-state index in [1.807, 2.05) is 0 Å². The van der Waals surface area contributed by atoms with Gasteiger partial charge in [0.2, 0.25) is 10.0 Å². The van der Waals surface area contributed by atoms with Gasteiger partial charge < -0.3 is 10.2 Å². The first-order valence-electron chi connectivity index (χ1n) is 5.48. The first-order chi connectivity index (χ1) is 9.69. The Morgan fingerprint density at radius 3 is 2.33 bits per heavy atom. The van der Waals surface area contributed by atoms with Crippen LogP contribution in [0, 0.1) is 23.0 Å². The molecule has 0 saturated heterocycles. The smallest absolute Gasteiger partial charge is 0.332 e. The number of hydrogen-bond acceptors (Lipinski definition) is 5. The standard InChI is InChI=1S/C11H10F2N2O5S/c12-7-3-6(5-14)4-8(13)10(7)21(19,20)15-2-1-9(16)11(17)18/h3-4,9,15-16H,1-2H2,(H,17,18)/t9-/m0/s1. The highest BCUT2D eigenvalue weighted by Crippen LogP contribution is 2.20. The van der Waals surface area contributed by atoms with Crippen molar-refractivity contribution >= 4 is 16.0 Å². The number of carbonyl (C=O) groups is 1. The summed E-state index contributed by atoms with van der Waals surface area (Å²) in [6.07, 6.45) is -2.28. The number of nitriles is 1. The molecule has 3 N–H and O–H groups in total. The molecule has 0 aliphatic heterocycles. The average Bonchev–Trinajstić information content (AvgIpc) is 2.36. The van der Waals surface area contributed by atoms with Crippen LogP contribution in [0.15, 0.2) is 17.0 Å². The molecule has 1 atom stereocenters. The molecule has 0 bridgehead atoms. The molecule has 0 aliphatic carbocycles. The second-order valence-corrected chi connectivity index (χ2v) is 5.63. The molecule has 0 aromatic heterocycles. The van der Waals surface area contributed by atoms with Crippen molar-refractivity contribution in [3.8, 4) is 6.07 Å². The van der Waals surface area contributed by atoms with Crippen LogP contribution in [0.2, 0.25) is 0 Å². The highest BCUT2D eigenvalue weighted by molar-refractivity contribution is 7.89. The van der Waals surface area contributed by atoms with Crippen LogP contribution in [0.5, 0.6) is 0 Å². The largest absolute Gasteiger partial charge is 0.479 e. The van der Waals surface area contributed by atoms with E-state index in [1.165, 1.54) is 6.07 Å². The van der Waals surface area contributed by atoms with Gasteiger partial charge in [-0.1, -0.05) is 0 Å². The molecular weight excluding hydrogens is 310 g/mol. The normalized spacial score (nSPS) is 12.7. The Morgan fingerprint density at radius 2 is 1.90 bits per heavy atom. The summed E-state index contributed by atoms with van der Waals surface area (Å²) in [5.41, 5.74) is -0.384. The summed E-state index contributed by atoms with van der Waals surface area (Å²) in [6, 6.07) is 2.58. The van der Waals surface area contributed by atoms with E-state index in [0.717, 1.165) is 0 Å². The predicted molar refractivity (Wildman–Crippen MR) is 64.5 cm³/mol. The van der Waals surface area contributed by atoms with Crippen LogP contribution >= 0.6 is 0 Å². The van der Waals surface area contributed by atoms with Crippen molar-refractivity contribution in [1.29, 1.82) is 5.26 Å². The lowest BCUT2D eigenvalue weighted by molar-refractivity contribution is -0.146. The van der Waals surface area contributed by atoms with Crippen molar-refractivity contribution in [1.82, 2.24) is 4.72 Å². The van der Waals surface area contributed by atoms with Crippen molar-refractivity contribution in [2.45, 2.75) is 17.4 Å². The summed E-state index contributed by atoms with van der Waals surface area (Å²) in [7, 11) is -4.58. The zero-order valence-corrected chi connectivity index (χ0v) is 11.2. The quantitative estimate of drug-likeness (QED) is 0.674. The number of aliphatic carboxylic acids is 1. The van der Waals surface area contributed by atoms with Gasteiger partial charge in [0.25, 0.3) is 0 Å². The van der Waals surface area contributed by atoms with E-state index in [2.05, 4.69) is 0 Å². The Hall–Kier alpha value is -2.09. The molecule has 1 rings (SSSR count). The third kappa shape index (κ3) is 4.19. The number of benzene rings is 1. The monoisotopic (exact) mass is 320 g/mol. The second kappa shape index (κ2) is 6.57. The highest BCUT2D eigenvalue weighted by atomic mass is 32.2. The number of nitrogens with one attached hydrogen (secondary N) is 1. The third-order valence-corrected chi connectivity index (χ3v) is 3.90. The predicted octanol–water partition coefficient (Wildman–Crippen LogP) is -0.0496. The van der Waals surface area contributed by atoms with Crippen LogP contribution in [0.3, 0.4) is 0 Å². The molecule has 1 aromatic rings. The fraction of sp³-hybridized carbons (Fsp3) is 0.273. The van der Waals surface area contributed by atoms with Crippen molar-refractivity contribution in [3.63, 3.8) is 0 Å². The summed E-state index contributed by atoms with van der Waals surface area (Å²) in [4.78, 5) is 9.05. The molecule has 21 heavy (non-hydrogen) atoms. The maximum absolute atomic E-state index is 13.6. The SMILES string of the molecule is N#Cc1cc(F)c(S(=O)(=O)NCC[C@H](O)C(=O)O)c(F)c1. The minimum absolute atomic E-state index is 0.384. The molecular formula is C11H10F2N2O5S. The lowest BCUT2D eigenvalue weighted by Gasteiger charge is -2.10. The maximum Gasteiger partial charge on any atom is 0.332 e. The maximum atomic E-state index is 13.6. The number of aliphatic hydroxyl groups excluding tert-OH is 1. The number of carboxylic acid groups (broad SMARTS) is 1. The number of sulfonamides is 1. The molecule has 0 fully saturated rings. The van der Waals surface area contributed by atoms with Crippen LogP contribution < -0.4 is 4.72 Å². The minimum Gasteiger partial charge on any atom is -0.479 e. The van der Waals surface area contributed by atoms with Gasteiger partial charge in [0.1, 0.15) is 11.6 Å². The molecule has 1 aromatic carbocycles. The van der Waals surface area contributed by atoms with Crippen LogP contribution in [0.4, 0.5) is 8.78 Å². The Labute approximate surface area is 118 Å². The van der Waals surface area contributed by atoms with Gasteiger partial charge in [0, 0.05) is 6.54 Å². The Morgan fingerprint density at radius 1 is 1.38 bits per heavy atom. The molecule has 0 saturated carbocycles. The Bertz CT molecular complexity index is 676. The third-order valence-electron chi connectivity index (χ3n) is 2.39. The lowest BCUT2D eigenvalue weighted by Crippen LogP contribution is -2.31. The molecule has 0 unspecified atom stereocenters. The molecule has 10 heteroatoms. The number of hydrogen-bond donors (Lipinski definition) is 3. The van der Waals surface area contributed by atoms with Crippen LogP contribution in [0.25, 0.3) is 0 Å². The summed E-state index contributed by atoms with van der Waals surface area (Å²) < 4.78 is 52.3. The first-order valence-corrected chi connectivity index (χ1v) is 6.97. The Kier molecular flexibility index (Phi) is 5.31. The molecule has 114 valence electrons. The Balaban J connectivity index is 2.94. The van der Waals surface area contributed by atoms with Gasteiger partial charge in [-0.15, -0.1) is 0 Å². The summed E-state index contributed by atoms with van der Waals surface area (Å²) in [6.45, 7) is -0.533. The molecule has 0 heterocycles. The topological polar surface area (TPSA) is 127 Å². The fourth-order valence-electron chi connectivity index (χ4n) is 1.41. The lowest BCUT2D eigenvalue weighted by atomic mass is 10.2. The number of rotatable bonds is 6. The number of nitrogens with zero attached hydrogens (tertiary/aromatic N) is 1. The van der Waals surface area contributed by atoms with Gasteiger partial charge in [-0.05, 0) is 18.6 Å². The van der Waals surface area contributed by atoms with E-state index in [9.17, 15) is 22.0 Å². The average molecular weight is 320 g/mol. The van der Waals surface area contributed by atoms with Crippen molar-refractivity contribution in [3.05, 3.63) is 29.3 Å². The number of aliphatic hydroxyl groups is 1. The van der Waals surface area contributed by atoms with Gasteiger partial charge in [-0.2, -0.15) is 5.26 Å². The summed E-state index contributed by atoms with van der Waals surface area (Å²) in [5.74, 6) is -4.44. The van der Waals surface area contributed by atoms with Crippen molar-refractivity contribution in [2.75, 3.05) is 6.54 Å². The first kappa shape index (κ1) is 17.0. The van der Waals surface area contributed by atoms with E-state index in [0.29, 0.717) is 12.1 Å². The van der Waals surface area contributed by atoms with E-state index in [4.69, 9.17) is 15.5 Å². The van der Waals surface area contributed by atoms with E-state index < -0.39 is 51.6 Å². The van der Waals surface area contributed by atoms with Gasteiger partial charge >= 0.3 is 5.97 Å². The number of carboxylic acids is 1. The second-order valence-electron chi connectivity index (χ2n) is 3.92. The van der Waals surface area contributed by atoms with Crippen molar-refractivity contribution in [2.24, 2.45) is 0 Å². The van der Waals surface area contributed by atoms with Crippen LogP contribution in [-0.2, 0) is 14.8 Å². The van der Waals surface area contributed by atoms with Crippen LogP contribution in [0.1, 0.15) is 12.0 Å². The van der Waals surface area contributed by atoms with Gasteiger partial charge in [0.05, 0.1) is 11.6 Å². The van der Waals surface area contributed by atoms with Crippen LogP contribution in [-0.4, -0.2) is 37.2 Å². The zero-order chi connectivity index (χ0) is 16.2. The summed E-state index contributed by atoms with van der Waals surface area (Å²) >= 11 is 0. The highest BCUT2D eigenvalue weighted by Gasteiger charge is 2.25. The molecule has 0 amide bonds. The van der Waals surface area contributed by atoms with E-state index >= 15 is 0 Å². The minimum atomic E-state index is -4.58. The van der Waals surface area contributed by atoms with Gasteiger partial charge in [0.15, 0.2) is 11.0 Å². The fourth-order valence-corrected chi connectivity index (χ4v) is 2.57. The molecule has 7 nitrogen and oxygen atoms in total. The molecule has 0 spiro atoms.